The first-order chi connectivity index (χ1) is 8.68. The van der Waals surface area contributed by atoms with Crippen LogP contribution in [0.15, 0.2) is 24.3 Å². The van der Waals surface area contributed by atoms with Crippen LogP contribution in [0.2, 0.25) is 0 Å². The van der Waals surface area contributed by atoms with Crippen LogP contribution in [0.4, 0.5) is 0 Å². The lowest BCUT2D eigenvalue weighted by Crippen LogP contribution is -2.55. The Bertz CT molecular complexity index is 430. The van der Waals surface area contributed by atoms with Gasteiger partial charge in [0, 0.05) is 12.1 Å². The first-order valence-electron chi connectivity index (χ1n) is 6.38. The van der Waals surface area contributed by atoms with Gasteiger partial charge in [0.05, 0.1) is 12.5 Å². The fraction of sp³-hybridized carbons (Fsp3) is 0.533. The van der Waals surface area contributed by atoms with Gasteiger partial charge in [0.1, 0.15) is 5.75 Å². The van der Waals surface area contributed by atoms with Crippen molar-refractivity contribution in [2.24, 2.45) is 11.1 Å². The van der Waals surface area contributed by atoms with Gasteiger partial charge in [-0.25, -0.2) is 0 Å². The van der Waals surface area contributed by atoms with Gasteiger partial charge in [-0.05, 0) is 45.4 Å². The monoisotopic (exact) mass is 264 g/mol. The van der Waals surface area contributed by atoms with Gasteiger partial charge in [0.15, 0.2) is 0 Å². The van der Waals surface area contributed by atoms with Crippen molar-refractivity contribution in [1.29, 1.82) is 0 Å². The molecule has 0 saturated heterocycles. The van der Waals surface area contributed by atoms with Crippen LogP contribution in [0.25, 0.3) is 0 Å². The van der Waals surface area contributed by atoms with Crippen LogP contribution in [-0.2, 0) is 11.3 Å². The predicted octanol–water partition coefficient (Wildman–Crippen LogP) is 2.07. The van der Waals surface area contributed by atoms with Crippen molar-refractivity contribution < 1.29 is 9.53 Å². The van der Waals surface area contributed by atoms with Crippen LogP contribution >= 0.6 is 0 Å². The Labute approximate surface area is 115 Å². The molecule has 1 amide bonds. The summed E-state index contributed by atoms with van der Waals surface area (Å²) in [6.07, 6.45) is 0. The van der Waals surface area contributed by atoms with Crippen LogP contribution < -0.4 is 15.8 Å². The highest BCUT2D eigenvalue weighted by atomic mass is 16.5. The first kappa shape index (κ1) is 15.5. The summed E-state index contributed by atoms with van der Waals surface area (Å²) in [7, 11) is 1.63. The summed E-state index contributed by atoms with van der Waals surface area (Å²) < 4.78 is 5.09. The number of carbonyl (C=O) groups excluding carboxylic acids is 1. The highest BCUT2D eigenvalue weighted by molar-refractivity contribution is 5.83. The van der Waals surface area contributed by atoms with Gasteiger partial charge in [0.25, 0.3) is 0 Å². The Morgan fingerprint density at radius 3 is 2.16 bits per heavy atom. The molecule has 0 saturated carbocycles. The Balaban J connectivity index is 2.63. The van der Waals surface area contributed by atoms with Gasteiger partial charge in [-0.15, -0.1) is 0 Å². The third-order valence-corrected chi connectivity index (χ3v) is 3.79. The molecule has 0 fully saturated rings. The summed E-state index contributed by atoms with van der Waals surface area (Å²) >= 11 is 0. The van der Waals surface area contributed by atoms with Crippen LogP contribution in [0.5, 0.6) is 5.75 Å². The minimum atomic E-state index is -0.626. The summed E-state index contributed by atoms with van der Waals surface area (Å²) in [6, 6.07) is 7.61. The van der Waals surface area contributed by atoms with Crippen molar-refractivity contribution >= 4 is 5.91 Å². The van der Waals surface area contributed by atoms with Crippen molar-refractivity contribution in [1.82, 2.24) is 5.32 Å². The topological polar surface area (TPSA) is 64.3 Å². The molecule has 3 N–H and O–H groups in total. The molecule has 0 unspecified atom stereocenters. The minimum Gasteiger partial charge on any atom is -0.497 e. The molecule has 0 heterocycles. The molecule has 0 aromatic heterocycles. The molecule has 1 rings (SSSR count). The summed E-state index contributed by atoms with van der Waals surface area (Å²) in [6.45, 7) is 7.93. The molecule has 19 heavy (non-hydrogen) atoms. The summed E-state index contributed by atoms with van der Waals surface area (Å²) in [5.41, 5.74) is 5.87. The van der Waals surface area contributed by atoms with Crippen LogP contribution in [0.3, 0.4) is 0 Å². The quantitative estimate of drug-likeness (QED) is 0.855. The summed E-state index contributed by atoms with van der Waals surface area (Å²) in [5, 5.41) is 2.92. The van der Waals surface area contributed by atoms with E-state index in [9.17, 15) is 4.79 Å². The number of methoxy groups -OCH3 is 1. The van der Waals surface area contributed by atoms with Gasteiger partial charge in [-0.2, -0.15) is 0 Å². The lowest BCUT2D eigenvalue weighted by Gasteiger charge is -2.36. The van der Waals surface area contributed by atoms with E-state index in [1.807, 2.05) is 52.0 Å². The summed E-state index contributed by atoms with van der Waals surface area (Å²) in [4.78, 5) is 12.2. The van der Waals surface area contributed by atoms with Crippen molar-refractivity contribution in [3.8, 4) is 5.75 Å². The molecule has 106 valence electrons. The van der Waals surface area contributed by atoms with Crippen LogP contribution in [0.1, 0.15) is 33.3 Å². The fourth-order valence-corrected chi connectivity index (χ4v) is 1.44. The third-order valence-electron chi connectivity index (χ3n) is 3.79. The Morgan fingerprint density at radius 1 is 1.21 bits per heavy atom. The van der Waals surface area contributed by atoms with E-state index in [2.05, 4.69) is 5.32 Å². The van der Waals surface area contributed by atoms with Gasteiger partial charge in [-0.1, -0.05) is 12.1 Å². The highest BCUT2D eigenvalue weighted by Crippen LogP contribution is 2.28. The maximum Gasteiger partial charge on any atom is 0.227 e. The lowest BCUT2D eigenvalue weighted by atomic mass is 9.74. The molecule has 1 aromatic carbocycles. The van der Waals surface area contributed by atoms with E-state index >= 15 is 0 Å². The Hall–Kier alpha value is -1.55. The molecule has 4 nitrogen and oxygen atoms in total. The summed E-state index contributed by atoms with van der Waals surface area (Å²) in [5.74, 6) is 0.759. The SMILES string of the molecule is COc1ccc(CNC(=O)C(C)(C)C(C)(C)N)cc1. The molecule has 0 atom stereocenters. The average molecular weight is 264 g/mol. The molecule has 0 radical (unpaired) electrons. The molecule has 0 bridgehead atoms. The zero-order chi connectivity index (χ0) is 14.7. The molecular weight excluding hydrogens is 240 g/mol. The maximum absolute atomic E-state index is 12.2. The van der Waals surface area contributed by atoms with Crippen LogP contribution in [0, 0.1) is 5.41 Å². The van der Waals surface area contributed by atoms with Crippen molar-refractivity contribution in [3.63, 3.8) is 0 Å². The minimum absolute atomic E-state index is 0.0455. The van der Waals surface area contributed by atoms with E-state index in [4.69, 9.17) is 10.5 Å². The number of hydrogen-bond acceptors (Lipinski definition) is 3. The second kappa shape index (κ2) is 5.61. The molecular formula is C15H24N2O2. The van der Waals surface area contributed by atoms with Crippen molar-refractivity contribution in [2.45, 2.75) is 39.8 Å². The third kappa shape index (κ3) is 3.70. The average Bonchev–Trinajstić information content (AvgIpc) is 2.35. The number of hydrogen-bond donors (Lipinski definition) is 2. The number of nitrogens with one attached hydrogen (secondary N) is 1. The molecule has 1 aromatic rings. The number of rotatable bonds is 5. The van der Waals surface area contributed by atoms with Gasteiger partial charge >= 0.3 is 0 Å². The van der Waals surface area contributed by atoms with Gasteiger partial charge in [0.2, 0.25) is 5.91 Å². The number of carbonyl (C=O) groups is 1. The lowest BCUT2D eigenvalue weighted by molar-refractivity contribution is -0.132. The zero-order valence-electron chi connectivity index (χ0n) is 12.4. The number of nitrogens with two attached hydrogens (primary N) is 1. The van der Waals surface area contributed by atoms with Crippen LogP contribution in [-0.4, -0.2) is 18.6 Å². The first-order valence-corrected chi connectivity index (χ1v) is 6.38. The number of amides is 1. The Morgan fingerprint density at radius 2 is 1.74 bits per heavy atom. The molecule has 4 heteroatoms. The maximum atomic E-state index is 12.2. The Kier molecular flexibility index (Phi) is 4.58. The van der Waals surface area contributed by atoms with E-state index in [0.29, 0.717) is 6.54 Å². The van der Waals surface area contributed by atoms with Crippen molar-refractivity contribution in [2.75, 3.05) is 7.11 Å². The smallest absolute Gasteiger partial charge is 0.227 e. The van der Waals surface area contributed by atoms with E-state index in [0.717, 1.165) is 11.3 Å². The highest BCUT2D eigenvalue weighted by Gasteiger charge is 2.40. The van der Waals surface area contributed by atoms with E-state index in [-0.39, 0.29) is 5.91 Å². The largest absolute Gasteiger partial charge is 0.497 e. The molecule has 0 aliphatic heterocycles. The second-order valence-corrected chi connectivity index (χ2v) is 5.88. The molecule has 0 spiro atoms. The van der Waals surface area contributed by atoms with Gasteiger partial charge in [-0.3, -0.25) is 4.79 Å². The van der Waals surface area contributed by atoms with E-state index < -0.39 is 11.0 Å². The molecule has 0 aliphatic rings. The fourth-order valence-electron chi connectivity index (χ4n) is 1.44. The predicted molar refractivity (Wildman–Crippen MR) is 76.9 cm³/mol. The zero-order valence-corrected chi connectivity index (χ0v) is 12.4. The second-order valence-electron chi connectivity index (χ2n) is 5.88. The van der Waals surface area contributed by atoms with Crippen molar-refractivity contribution in [3.05, 3.63) is 29.8 Å². The normalized spacial score (nSPS) is 12.1. The van der Waals surface area contributed by atoms with E-state index in [1.165, 1.54) is 0 Å². The number of ether oxygens (including phenoxy) is 1. The van der Waals surface area contributed by atoms with Gasteiger partial charge < -0.3 is 15.8 Å². The standard InChI is InChI=1S/C15H24N2O2/c1-14(2,15(3,4)16)13(18)17-10-11-6-8-12(19-5)9-7-11/h6-9H,10,16H2,1-5H3,(H,17,18). The molecule has 0 aliphatic carbocycles. The van der Waals surface area contributed by atoms with E-state index in [1.54, 1.807) is 7.11 Å². The number of benzene rings is 1.